The van der Waals surface area contributed by atoms with E-state index in [1.807, 2.05) is 28.8 Å². The highest BCUT2D eigenvalue weighted by Gasteiger charge is 2.32. The number of aryl methyl sites for hydroxylation is 1. The van der Waals surface area contributed by atoms with E-state index in [-0.39, 0.29) is 36.3 Å². The summed E-state index contributed by atoms with van der Waals surface area (Å²) in [5.74, 6) is -0.533. The molecule has 3 aromatic rings. The molecule has 1 N–H and O–H groups in total. The molecule has 2 aromatic carbocycles. The van der Waals surface area contributed by atoms with Crippen molar-refractivity contribution in [2.45, 2.75) is 45.4 Å². The van der Waals surface area contributed by atoms with Crippen molar-refractivity contribution in [3.8, 4) is 0 Å². The third-order valence-corrected chi connectivity index (χ3v) is 6.93. The number of hydrogen-bond donors (Lipinski definition) is 1. The lowest BCUT2D eigenvalue weighted by Crippen LogP contribution is -2.42. The lowest BCUT2D eigenvalue weighted by atomic mass is 9.95. The fraction of sp³-hybridized carbons (Fsp3) is 0.370. The topological polar surface area (TPSA) is 76.5 Å². The fourth-order valence-corrected chi connectivity index (χ4v) is 4.79. The van der Waals surface area contributed by atoms with Crippen molar-refractivity contribution in [2.24, 2.45) is 5.92 Å². The molecule has 1 atom stereocenters. The number of carbonyl (C=O) groups is 2. The Balaban J connectivity index is 1.18. The number of piperidine rings is 1. The van der Waals surface area contributed by atoms with Crippen LogP contribution in [0.2, 0.25) is 0 Å². The molecule has 2 amide bonds. The van der Waals surface area contributed by atoms with Crippen molar-refractivity contribution in [1.29, 1.82) is 0 Å². The van der Waals surface area contributed by atoms with Crippen molar-refractivity contribution in [1.82, 2.24) is 14.5 Å². The third-order valence-electron chi connectivity index (χ3n) is 6.93. The number of halogens is 1. The van der Waals surface area contributed by atoms with Gasteiger partial charge in [-0.1, -0.05) is 31.2 Å². The number of carbonyl (C=O) groups excluding carboxylic acids is 2. The number of nitrogens with zero attached hydrogens (tertiary/aromatic N) is 3. The van der Waals surface area contributed by atoms with Crippen LogP contribution in [0.15, 0.2) is 54.9 Å². The van der Waals surface area contributed by atoms with Gasteiger partial charge in [0.05, 0.1) is 25.2 Å². The molecule has 182 valence electrons. The van der Waals surface area contributed by atoms with E-state index in [0.717, 1.165) is 23.4 Å². The van der Waals surface area contributed by atoms with E-state index in [2.05, 4.69) is 17.2 Å². The van der Waals surface area contributed by atoms with Crippen LogP contribution in [0, 0.1) is 11.7 Å². The maximum atomic E-state index is 13.2. The predicted molar refractivity (Wildman–Crippen MR) is 129 cm³/mol. The first-order valence-corrected chi connectivity index (χ1v) is 12.1. The highest BCUT2D eigenvalue weighted by molar-refractivity contribution is 5.95. The monoisotopic (exact) mass is 476 g/mol. The minimum atomic E-state index is -0.285. The molecule has 0 saturated carbocycles. The Morgan fingerprint density at radius 1 is 1.14 bits per heavy atom. The summed E-state index contributed by atoms with van der Waals surface area (Å²) in [5.41, 5.74) is 4.04. The number of hydrogen-bond acceptors (Lipinski definition) is 4. The number of ether oxygens (including phenoxy) is 1. The Bertz CT molecular complexity index is 1220. The Morgan fingerprint density at radius 2 is 1.91 bits per heavy atom. The molecule has 0 radical (unpaired) electrons. The van der Waals surface area contributed by atoms with Crippen LogP contribution < -0.4 is 5.32 Å². The molecule has 2 aliphatic heterocycles. The molecule has 8 heteroatoms. The first-order valence-electron chi connectivity index (χ1n) is 12.1. The van der Waals surface area contributed by atoms with Gasteiger partial charge in [-0.2, -0.15) is 0 Å². The second-order valence-corrected chi connectivity index (χ2v) is 9.15. The number of imidazole rings is 1. The minimum absolute atomic E-state index is 0.00459. The zero-order valence-electron chi connectivity index (χ0n) is 19.7. The van der Waals surface area contributed by atoms with Gasteiger partial charge in [0.1, 0.15) is 11.9 Å². The molecule has 0 spiro atoms. The number of benzene rings is 2. The van der Waals surface area contributed by atoms with Crippen molar-refractivity contribution in [3.05, 3.63) is 83.2 Å². The van der Waals surface area contributed by atoms with Crippen LogP contribution >= 0.6 is 0 Å². The molecule has 1 saturated heterocycles. The summed E-state index contributed by atoms with van der Waals surface area (Å²) in [6.07, 6.45) is 3.60. The Labute approximate surface area is 203 Å². The SMILES string of the molecule is CCc1cccc(NC(=O)C2CCN(C(=O)c3ncn4c3CO[C@H](c3ccc(F)cc3)C4)CC2)c1. The van der Waals surface area contributed by atoms with Gasteiger partial charge in [0, 0.05) is 24.7 Å². The predicted octanol–water partition coefficient (Wildman–Crippen LogP) is 4.35. The van der Waals surface area contributed by atoms with Crippen molar-refractivity contribution in [2.75, 3.05) is 18.4 Å². The Hall–Kier alpha value is -3.52. The van der Waals surface area contributed by atoms with Crippen LogP contribution in [0.25, 0.3) is 0 Å². The van der Waals surface area contributed by atoms with Crippen LogP contribution in [0.4, 0.5) is 10.1 Å². The van der Waals surface area contributed by atoms with Gasteiger partial charge in [-0.3, -0.25) is 9.59 Å². The van der Waals surface area contributed by atoms with E-state index >= 15 is 0 Å². The normalized spacial score (nSPS) is 18.2. The summed E-state index contributed by atoms with van der Waals surface area (Å²) >= 11 is 0. The summed E-state index contributed by atoms with van der Waals surface area (Å²) in [4.78, 5) is 32.1. The van der Waals surface area contributed by atoms with Crippen LogP contribution in [0.3, 0.4) is 0 Å². The Kier molecular flexibility index (Phi) is 6.63. The van der Waals surface area contributed by atoms with Crippen LogP contribution in [-0.4, -0.2) is 39.4 Å². The second-order valence-electron chi connectivity index (χ2n) is 9.15. The van der Waals surface area contributed by atoms with E-state index in [0.29, 0.717) is 38.2 Å². The van der Waals surface area contributed by atoms with E-state index in [9.17, 15) is 14.0 Å². The lowest BCUT2D eigenvalue weighted by molar-refractivity contribution is -0.121. The molecule has 1 aromatic heterocycles. The molecule has 0 aliphatic carbocycles. The standard InChI is InChI=1S/C27H29FN4O3/c1-2-18-4-3-5-22(14-18)30-26(33)20-10-12-31(13-11-20)27(34)25-23-16-35-24(15-32(23)17-29-25)19-6-8-21(28)9-7-19/h3-9,14,17,20,24H,2,10-13,15-16H2,1H3,(H,30,33)/t24-/m0/s1. The number of aromatic nitrogens is 2. The van der Waals surface area contributed by atoms with Gasteiger partial charge in [0.15, 0.2) is 5.69 Å². The Morgan fingerprint density at radius 3 is 2.66 bits per heavy atom. The molecule has 5 rings (SSSR count). The van der Waals surface area contributed by atoms with Gasteiger partial charge in [-0.05, 0) is 54.7 Å². The third kappa shape index (κ3) is 4.98. The molecular formula is C27H29FN4O3. The first kappa shape index (κ1) is 23.2. The molecule has 3 heterocycles. The largest absolute Gasteiger partial charge is 0.365 e. The van der Waals surface area contributed by atoms with Gasteiger partial charge in [0.2, 0.25) is 5.91 Å². The maximum Gasteiger partial charge on any atom is 0.274 e. The number of anilines is 1. The summed E-state index contributed by atoms with van der Waals surface area (Å²) in [5, 5.41) is 3.02. The van der Waals surface area contributed by atoms with Crippen LogP contribution in [0.5, 0.6) is 0 Å². The van der Waals surface area contributed by atoms with Gasteiger partial charge in [-0.25, -0.2) is 9.37 Å². The molecule has 35 heavy (non-hydrogen) atoms. The second kappa shape index (κ2) is 10.00. The number of amides is 2. The lowest BCUT2D eigenvalue weighted by Gasteiger charge is -2.31. The molecule has 0 bridgehead atoms. The number of fused-ring (bicyclic) bond motifs is 1. The van der Waals surface area contributed by atoms with Gasteiger partial charge < -0.3 is 19.5 Å². The average molecular weight is 477 g/mol. The molecule has 2 aliphatic rings. The average Bonchev–Trinajstić information content (AvgIpc) is 3.32. The molecule has 0 unspecified atom stereocenters. The summed E-state index contributed by atoms with van der Waals surface area (Å²) in [6, 6.07) is 14.2. The quantitative estimate of drug-likeness (QED) is 0.594. The molecule has 7 nitrogen and oxygen atoms in total. The zero-order chi connectivity index (χ0) is 24.4. The summed E-state index contributed by atoms with van der Waals surface area (Å²) in [6.45, 7) is 3.89. The molecular weight excluding hydrogens is 447 g/mol. The van der Waals surface area contributed by atoms with Crippen molar-refractivity contribution in [3.63, 3.8) is 0 Å². The summed E-state index contributed by atoms with van der Waals surface area (Å²) in [7, 11) is 0. The van der Waals surface area contributed by atoms with Gasteiger partial charge in [0.25, 0.3) is 5.91 Å². The number of likely N-dealkylation sites (tertiary alicyclic amines) is 1. The van der Waals surface area contributed by atoms with E-state index < -0.39 is 0 Å². The van der Waals surface area contributed by atoms with Crippen LogP contribution in [0.1, 0.15) is 53.2 Å². The van der Waals surface area contributed by atoms with E-state index in [1.165, 1.54) is 17.7 Å². The smallest absolute Gasteiger partial charge is 0.274 e. The zero-order valence-corrected chi connectivity index (χ0v) is 19.7. The van der Waals surface area contributed by atoms with E-state index in [4.69, 9.17) is 4.74 Å². The van der Waals surface area contributed by atoms with Gasteiger partial charge in [-0.15, -0.1) is 0 Å². The fourth-order valence-electron chi connectivity index (χ4n) is 4.79. The molecule has 1 fully saturated rings. The number of rotatable bonds is 5. The first-order chi connectivity index (χ1) is 17.0. The maximum absolute atomic E-state index is 13.2. The van der Waals surface area contributed by atoms with Crippen LogP contribution in [-0.2, 0) is 29.1 Å². The highest BCUT2D eigenvalue weighted by Crippen LogP contribution is 2.29. The van der Waals surface area contributed by atoms with Gasteiger partial charge >= 0.3 is 0 Å². The van der Waals surface area contributed by atoms with Crippen molar-refractivity contribution < 1.29 is 18.7 Å². The highest BCUT2D eigenvalue weighted by atomic mass is 19.1. The summed E-state index contributed by atoms with van der Waals surface area (Å²) < 4.78 is 21.2. The van der Waals surface area contributed by atoms with E-state index in [1.54, 1.807) is 23.4 Å². The number of nitrogens with one attached hydrogen (secondary N) is 1. The van der Waals surface area contributed by atoms with Crippen molar-refractivity contribution >= 4 is 17.5 Å². The minimum Gasteiger partial charge on any atom is -0.365 e.